The maximum absolute atomic E-state index is 4.86. The van der Waals surface area contributed by atoms with Gasteiger partial charge in [-0.3, -0.25) is 0 Å². The molecule has 3 aromatic rings. The molecule has 1 aliphatic rings. The highest BCUT2D eigenvalue weighted by atomic mass is 15.3. The van der Waals surface area contributed by atoms with Crippen molar-refractivity contribution in [1.82, 2.24) is 25.1 Å². The summed E-state index contributed by atoms with van der Waals surface area (Å²) in [5.41, 5.74) is 1.92. The number of para-hydroxylation sites is 1. The van der Waals surface area contributed by atoms with E-state index in [0.29, 0.717) is 0 Å². The van der Waals surface area contributed by atoms with Gasteiger partial charge in [-0.15, -0.1) is 0 Å². The van der Waals surface area contributed by atoms with Crippen molar-refractivity contribution < 1.29 is 0 Å². The Labute approximate surface area is 141 Å². The Morgan fingerprint density at radius 2 is 1.88 bits per heavy atom. The van der Waals surface area contributed by atoms with Crippen molar-refractivity contribution in [3.05, 3.63) is 42.4 Å². The van der Waals surface area contributed by atoms with Gasteiger partial charge in [0.1, 0.15) is 11.6 Å². The predicted molar refractivity (Wildman–Crippen MR) is 95.7 cm³/mol. The molecule has 0 radical (unpaired) electrons. The number of aryl methyl sites for hydroxylation is 1. The number of hydrogen-bond donors (Lipinski definition) is 1. The molecule has 3 heterocycles. The van der Waals surface area contributed by atoms with E-state index in [0.717, 1.165) is 67.4 Å². The highest BCUT2D eigenvalue weighted by Gasteiger charge is 2.19. The van der Waals surface area contributed by atoms with E-state index in [1.807, 2.05) is 29.1 Å². The average molecular weight is 322 g/mol. The summed E-state index contributed by atoms with van der Waals surface area (Å²) in [6.45, 7) is 6.07. The van der Waals surface area contributed by atoms with Crippen molar-refractivity contribution in [3.8, 4) is 5.69 Å². The van der Waals surface area contributed by atoms with Crippen LogP contribution in [0.3, 0.4) is 0 Å². The van der Waals surface area contributed by atoms with Gasteiger partial charge in [0, 0.05) is 32.6 Å². The summed E-state index contributed by atoms with van der Waals surface area (Å²) in [6, 6.07) is 10.2. The maximum Gasteiger partial charge on any atom is 0.168 e. The lowest BCUT2D eigenvalue weighted by Crippen LogP contribution is -2.44. The van der Waals surface area contributed by atoms with Crippen LogP contribution in [0.1, 0.15) is 19.2 Å². The first-order chi connectivity index (χ1) is 11.9. The van der Waals surface area contributed by atoms with Crippen molar-refractivity contribution in [1.29, 1.82) is 0 Å². The molecule has 24 heavy (non-hydrogen) atoms. The third kappa shape index (κ3) is 2.73. The number of nitrogens with zero attached hydrogens (tertiary/aromatic N) is 5. The number of aromatic nitrogens is 4. The highest BCUT2D eigenvalue weighted by Crippen LogP contribution is 2.26. The zero-order chi connectivity index (χ0) is 16.4. The molecule has 0 saturated carbocycles. The van der Waals surface area contributed by atoms with E-state index in [2.05, 4.69) is 34.4 Å². The molecule has 1 aliphatic heterocycles. The van der Waals surface area contributed by atoms with E-state index in [9.17, 15) is 0 Å². The molecule has 1 N–H and O–H groups in total. The second-order valence-corrected chi connectivity index (χ2v) is 6.08. The fourth-order valence-electron chi connectivity index (χ4n) is 3.15. The fourth-order valence-corrected chi connectivity index (χ4v) is 3.15. The van der Waals surface area contributed by atoms with Gasteiger partial charge in [-0.05, 0) is 18.6 Å². The number of fused-ring (bicyclic) bond motifs is 1. The number of benzene rings is 1. The number of anilines is 1. The average Bonchev–Trinajstić information content (AvgIpc) is 3.07. The van der Waals surface area contributed by atoms with Crippen molar-refractivity contribution in [2.24, 2.45) is 0 Å². The van der Waals surface area contributed by atoms with E-state index in [1.54, 1.807) is 0 Å². The van der Waals surface area contributed by atoms with Gasteiger partial charge < -0.3 is 10.2 Å². The lowest BCUT2D eigenvalue weighted by molar-refractivity contribution is 0.585. The van der Waals surface area contributed by atoms with Gasteiger partial charge in [-0.1, -0.05) is 25.1 Å². The monoisotopic (exact) mass is 322 g/mol. The van der Waals surface area contributed by atoms with Crippen LogP contribution in [0, 0.1) is 0 Å². The van der Waals surface area contributed by atoms with Crippen LogP contribution in [0.5, 0.6) is 0 Å². The van der Waals surface area contributed by atoms with E-state index in [4.69, 9.17) is 9.97 Å². The first kappa shape index (κ1) is 15.1. The molecule has 2 aromatic heterocycles. The number of piperazine rings is 1. The lowest BCUT2D eigenvalue weighted by Gasteiger charge is -2.29. The minimum atomic E-state index is 0.884. The van der Waals surface area contributed by atoms with Crippen LogP contribution in [-0.4, -0.2) is 45.9 Å². The van der Waals surface area contributed by atoms with Crippen LogP contribution in [0.2, 0.25) is 0 Å². The van der Waals surface area contributed by atoms with Gasteiger partial charge in [0.15, 0.2) is 5.65 Å². The molecule has 0 aliphatic carbocycles. The summed E-state index contributed by atoms with van der Waals surface area (Å²) in [4.78, 5) is 12.0. The van der Waals surface area contributed by atoms with Gasteiger partial charge in [0.2, 0.25) is 0 Å². The van der Waals surface area contributed by atoms with Crippen LogP contribution in [-0.2, 0) is 6.42 Å². The predicted octanol–water partition coefficient (Wildman–Crippen LogP) is 2.18. The van der Waals surface area contributed by atoms with Gasteiger partial charge in [-0.2, -0.15) is 5.10 Å². The Bertz CT molecular complexity index is 820. The largest absolute Gasteiger partial charge is 0.353 e. The molecular formula is C18H22N6. The van der Waals surface area contributed by atoms with Gasteiger partial charge >= 0.3 is 0 Å². The number of rotatable bonds is 4. The molecule has 124 valence electrons. The molecule has 0 spiro atoms. The zero-order valence-electron chi connectivity index (χ0n) is 13.9. The molecule has 6 heteroatoms. The third-order valence-corrected chi connectivity index (χ3v) is 4.35. The van der Waals surface area contributed by atoms with Crippen molar-refractivity contribution in [2.45, 2.75) is 19.8 Å². The maximum atomic E-state index is 4.86. The van der Waals surface area contributed by atoms with Crippen molar-refractivity contribution >= 4 is 16.9 Å². The molecular weight excluding hydrogens is 300 g/mol. The molecule has 6 nitrogen and oxygen atoms in total. The number of hydrogen-bond acceptors (Lipinski definition) is 5. The first-order valence-corrected chi connectivity index (χ1v) is 8.62. The normalized spacial score (nSPS) is 15.1. The topological polar surface area (TPSA) is 58.9 Å². The summed E-state index contributed by atoms with van der Waals surface area (Å²) < 4.78 is 1.92. The standard InChI is InChI=1S/C18H22N6/c1-2-6-16-21-17(23-11-9-19-10-12-23)15-13-20-24(18(15)22-16)14-7-4-3-5-8-14/h3-5,7-8,13,19H,2,6,9-12H2,1H3. The van der Waals surface area contributed by atoms with Crippen LogP contribution in [0.25, 0.3) is 16.7 Å². The Hall–Kier alpha value is -2.47. The highest BCUT2D eigenvalue weighted by molar-refractivity contribution is 5.88. The summed E-state index contributed by atoms with van der Waals surface area (Å²) in [5, 5.41) is 9.02. The SMILES string of the molecule is CCCc1nc(N2CCNCC2)c2cnn(-c3ccccc3)c2n1. The minimum absolute atomic E-state index is 0.884. The van der Waals surface area contributed by atoms with Crippen LogP contribution in [0.4, 0.5) is 5.82 Å². The molecule has 1 saturated heterocycles. The lowest BCUT2D eigenvalue weighted by atomic mass is 10.2. The Morgan fingerprint density at radius 1 is 1.08 bits per heavy atom. The first-order valence-electron chi connectivity index (χ1n) is 8.62. The smallest absolute Gasteiger partial charge is 0.168 e. The number of nitrogens with one attached hydrogen (secondary N) is 1. The quantitative estimate of drug-likeness (QED) is 0.798. The zero-order valence-corrected chi connectivity index (χ0v) is 13.9. The van der Waals surface area contributed by atoms with E-state index >= 15 is 0 Å². The van der Waals surface area contributed by atoms with E-state index in [-0.39, 0.29) is 0 Å². The summed E-state index contributed by atoms with van der Waals surface area (Å²) in [6.07, 6.45) is 3.82. The summed E-state index contributed by atoms with van der Waals surface area (Å²) in [7, 11) is 0. The van der Waals surface area contributed by atoms with Gasteiger partial charge in [0.25, 0.3) is 0 Å². The Kier molecular flexibility index (Phi) is 4.13. The molecule has 0 atom stereocenters. The fraction of sp³-hybridized carbons (Fsp3) is 0.389. The Balaban J connectivity index is 1.87. The third-order valence-electron chi connectivity index (χ3n) is 4.35. The second kappa shape index (κ2) is 6.57. The molecule has 0 amide bonds. The van der Waals surface area contributed by atoms with Gasteiger partial charge in [-0.25, -0.2) is 14.6 Å². The second-order valence-electron chi connectivity index (χ2n) is 6.08. The summed E-state index contributed by atoms with van der Waals surface area (Å²) in [5.74, 6) is 1.92. The van der Waals surface area contributed by atoms with Crippen LogP contribution in [0.15, 0.2) is 36.5 Å². The van der Waals surface area contributed by atoms with Gasteiger partial charge in [0.05, 0.1) is 17.3 Å². The molecule has 1 aromatic carbocycles. The molecule has 4 rings (SSSR count). The molecule has 0 bridgehead atoms. The van der Waals surface area contributed by atoms with E-state index < -0.39 is 0 Å². The van der Waals surface area contributed by atoms with Crippen LogP contribution < -0.4 is 10.2 Å². The molecule has 1 fully saturated rings. The van der Waals surface area contributed by atoms with E-state index in [1.165, 1.54) is 0 Å². The van der Waals surface area contributed by atoms with Crippen molar-refractivity contribution in [2.75, 3.05) is 31.1 Å². The minimum Gasteiger partial charge on any atom is -0.353 e. The Morgan fingerprint density at radius 3 is 2.62 bits per heavy atom. The summed E-state index contributed by atoms with van der Waals surface area (Å²) >= 11 is 0. The van der Waals surface area contributed by atoms with Crippen molar-refractivity contribution in [3.63, 3.8) is 0 Å². The van der Waals surface area contributed by atoms with Crippen LogP contribution >= 0.6 is 0 Å². The molecule has 0 unspecified atom stereocenters.